The summed E-state index contributed by atoms with van der Waals surface area (Å²) in [6.45, 7) is 21.0. The number of esters is 2. The molecular formula is C67H96N2O24. The summed E-state index contributed by atoms with van der Waals surface area (Å²) >= 11 is 0. The van der Waals surface area contributed by atoms with Crippen LogP contribution in [0.3, 0.4) is 0 Å². The van der Waals surface area contributed by atoms with Gasteiger partial charge >= 0.3 is 18.0 Å². The van der Waals surface area contributed by atoms with Crippen molar-refractivity contribution in [1.29, 1.82) is 0 Å². The number of nitrogens with zero attached hydrogens (tertiary/aromatic N) is 1. The zero-order valence-corrected chi connectivity index (χ0v) is 55.4. The number of methoxy groups -OCH3 is 1. The van der Waals surface area contributed by atoms with Crippen molar-refractivity contribution >= 4 is 30.1 Å². The van der Waals surface area contributed by atoms with Crippen LogP contribution in [0.15, 0.2) is 58.4 Å². The van der Waals surface area contributed by atoms with Gasteiger partial charge in [0.25, 0.3) is 0 Å². The third-order valence-electron chi connectivity index (χ3n) is 21.7. The maximum Gasteiger partial charge on any atom is 0.407 e. The highest BCUT2D eigenvalue weighted by atomic mass is 16.8. The minimum absolute atomic E-state index is 0.00196. The van der Waals surface area contributed by atoms with E-state index < -0.39 is 203 Å². The van der Waals surface area contributed by atoms with E-state index in [2.05, 4.69) is 25.2 Å². The molecule has 0 radical (unpaired) electrons. The first-order valence-electron chi connectivity index (χ1n) is 33.1. The molecule has 1 saturated carbocycles. The average Bonchev–Trinajstić information content (AvgIpc) is 1.68. The Morgan fingerprint density at radius 2 is 1.35 bits per heavy atom. The van der Waals surface area contributed by atoms with Crippen LogP contribution in [0.25, 0.3) is 0 Å². The fourth-order valence-corrected chi connectivity index (χ4v) is 16.9. The van der Waals surface area contributed by atoms with Gasteiger partial charge in [-0.2, -0.15) is 0 Å². The molecule has 26 nitrogen and oxygen atoms in total. The maximum absolute atomic E-state index is 15.6. The standard InChI is InChI=1S/C67H96N2O24/c1-30-14-18-47(88-54-28-65(11,69(79)80)60(38(9)86-54)68-64(78)81-13)31(2)23-43-45(73)24-40(29-70)27-67(43)62(76)55(63(77)93-67)61(75)66(12)42(30)16-15-41-56(66)32(3)22-33(4)57(41)92-53-26-49(59(37(8)85-53)87-39(10)71)90-50-21-19-48(35(6)83-50)89-52-25-46(74)58(36(7)84-52)91-51-20-17-44(72)34(5)82-51/h14-16,23,27,29,32-38,41-54,56-60,72-75H,17-22,24-26,28H2,1-13H3,(H,68,78)/t32-,33-,34-,35-,36-,37-,38+,41-,42-,43+,44+,45-,46+,47-,48+,49+,50-,51-,52-,53-,54-,56+,57-,58-,59-,60-,65-,66+,67?/m0/s1. The number of ether oxygens (including phenoxy) is 13. The molecule has 2 bridgehead atoms. The van der Waals surface area contributed by atoms with Crippen molar-refractivity contribution in [2.45, 2.75) is 281 Å². The molecule has 0 aromatic rings. The van der Waals surface area contributed by atoms with Gasteiger partial charge < -0.3 is 87.3 Å². The summed E-state index contributed by atoms with van der Waals surface area (Å²) in [7, 11) is 1.15. The van der Waals surface area contributed by atoms with Crippen molar-refractivity contribution in [2.24, 2.45) is 40.9 Å². The second-order valence-electron chi connectivity index (χ2n) is 28.2. The number of amides is 1. The van der Waals surface area contributed by atoms with E-state index in [1.807, 2.05) is 39.8 Å². The van der Waals surface area contributed by atoms with Gasteiger partial charge in [0, 0.05) is 68.1 Å². The van der Waals surface area contributed by atoms with Crippen molar-refractivity contribution in [3.63, 3.8) is 0 Å². The van der Waals surface area contributed by atoms with Crippen LogP contribution in [-0.4, -0.2) is 197 Å². The van der Waals surface area contributed by atoms with Crippen LogP contribution >= 0.6 is 0 Å². The van der Waals surface area contributed by atoms with Crippen LogP contribution in [0.4, 0.5) is 4.79 Å². The lowest BCUT2D eigenvalue weighted by Crippen LogP contribution is -2.65. The van der Waals surface area contributed by atoms with E-state index in [-0.39, 0.29) is 49.5 Å². The number of carbonyl (C=O) groups excluding carboxylic acids is 5. The Kier molecular flexibility index (Phi) is 21.4. The average molecular weight is 1310 g/mol. The highest BCUT2D eigenvalue weighted by molar-refractivity contribution is 6.27. The summed E-state index contributed by atoms with van der Waals surface area (Å²) in [6.07, 6.45) is -3.96. The number of carbonyl (C=O) groups is 5. The number of allylic oxidation sites excluding steroid dienone is 3. The Morgan fingerprint density at radius 1 is 0.720 bits per heavy atom. The molecule has 6 saturated heterocycles. The number of fused-ring (bicyclic) bond motifs is 4. The minimum Gasteiger partial charge on any atom is -0.511 e. The first-order valence-corrected chi connectivity index (χ1v) is 33.1. The summed E-state index contributed by atoms with van der Waals surface area (Å²) in [5, 5.41) is 62.0. The van der Waals surface area contributed by atoms with E-state index in [1.165, 1.54) is 19.9 Å². The number of Topliss-reactive ketones (excluding diaryl/α,β-unsaturated/α-hetero) is 1. The van der Waals surface area contributed by atoms with E-state index in [0.29, 0.717) is 49.5 Å². The van der Waals surface area contributed by atoms with E-state index >= 15 is 4.79 Å². The van der Waals surface area contributed by atoms with Gasteiger partial charge in [-0.15, -0.1) is 0 Å². The molecule has 1 amide bonds. The molecule has 29 atom stereocenters. The number of rotatable bonds is 14. The van der Waals surface area contributed by atoms with Gasteiger partial charge in [0.1, 0.15) is 35.9 Å². The van der Waals surface area contributed by atoms with E-state index in [1.54, 1.807) is 33.8 Å². The van der Waals surface area contributed by atoms with Crippen molar-refractivity contribution in [3.8, 4) is 0 Å². The van der Waals surface area contributed by atoms with E-state index in [9.17, 15) is 49.7 Å². The predicted octanol–water partition coefficient (Wildman–Crippen LogP) is 6.36. The van der Waals surface area contributed by atoms with Crippen LogP contribution in [0.1, 0.15) is 147 Å². The molecule has 26 heteroatoms. The van der Waals surface area contributed by atoms with Crippen molar-refractivity contribution in [1.82, 2.24) is 5.32 Å². The Bertz CT molecular complexity index is 2960. The van der Waals surface area contributed by atoms with Gasteiger partial charge in [-0.05, 0) is 109 Å². The van der Waals surface area contributed by atoms with Crippen molar-refractivity contribution in [2.75, 3.05) is 7.11 Å². The van der Waals surface area contributed by atoms with Gasteiger partial charge in [-0.25, -0.2) is 9.59 Å². The molecular weight excluding hydrogens is 1220 g/mol. The number of aliphatic hydroxyl groups is 4. The number of hydrogen-bond donors (Lipinski definition) is 5. The highest BCUT2D eigenvalue weighted by Crippen LogP contribution is 2.61. The van der Waals surface area contributed by atoms with Crippen LogP contribution in [0.2, 0.25) is 0 Å². The summed E-state index contributed by atoms with van der Waals surface area (Å²) in [5.74, 6) is -6.54. The number of alkyl carbamates (subject to hydrolysis) is 1. The van der Waals surface area contributed by atoms with Crippen LogP contribution in [0, 0.1) is 51.0 Å². The SMILES string of the molecule is COC(=O)N[C@H]1[C@@H](C)O[C@@H](O[C@H]2CC=C(C)[C@@H]3C=C[C@@H]4[C@@H](O[C@H]5C[C@@H](O[C@H]6CC[C@@H](O[C@H]7C[C@@H](O)[C@@H](O[C@H]8CC[C@@H](O)[C@H](C)O8)[C@H](C)O7)[C@H](C)O6)[C@@H](OC(C)=O)[C@H](C)O5)[C@@H](C)C[C@H](C)[C@H]4[C@]3(C)C(O)=C3C(=O)OC4(C=C(C=O)C[C@H](O)[C@H]4C=C2C)C3=O)C[C@]1(C)[N+](=O)[O-]. The summed E-state index contributed by atoms with van der Waals surface area (Å²) in [4.78, 5) is 80.4. The minimum atomic E-state index is -2.29. The predicted molar refractivity (Wildman–Crippen MR) is 325 cm³/mol. The molecule has 0 aromatic heterocycles. The zero-order valence-electron chi connectivity index (χ0n) is 55.4. The Morgan fingerprint density at radius 3 is 2.01 bits per heavy atom. The number of nitro groups is 1. The fourth-order valence-electron chi connectivity index (χ4n) is 16.9. The van der Waals surface area contributed by atoms with Crippen LogP contribution in [-0.2, 0) is 80.8 Å². The molecule has 1 spiro atoms. The molecule has 5 N–H and O–H groups in total. The molecule has 10 rings (SSSR count). The van der Waals surface area contributed by atoms with Gasteiger partial charge in [-0.3, -0.25) is 24.5 Å². The summed E-state index contributed by atoms with van der Waals surface area (Å²) in [5.41, 5.74) is -5.03. The first kappa shape index (κ1) is 70.7. The van der Waals surface area contributed by atoms with Gasteiger partial charge in [0.2, 0.25) is 16.9 Å². The molecule has 6 aliphatic heterocycles. The van der Waals surface area contributed by atoms with Gasteiger partial charge in [0.15, 0.2) is 37.6 Å². The van der Waals surface area contributed by atoms with Crippen molar-refractivity contribution < 1.29 is 111 Å². The molecule has 7 fully saturated rings. The first-order chi connectivity index (χ1) is 43.9. The lowest BCUT2D eigenvalue weighted by atomic mass is 9.49. The number of nitrogens with one attached hydrogen (secondary N) is 1. The highest BCUT2D eigenvalue weighted by Gasteiger charge is 2.65. The number of hydrogen-bond acceptors (Lipinski definition) is 24. The Hall–Kier alpha value is -5.07. The monoisotopic (exact) mass is 1310 g/mol. The summed E-state index contributed by atoms with van der Waals surface area (Å²) < 4.78 is 81.5. The number of aliphatic hydroxyl groups excluding tert-OH is 4. The van der Waals surface area contributed by atoms with E-state index in [4.69, 9.17) is 61.6 Å². The maximum atomic E-state index is 15.6. The third-order valence-corrected chi connectivity index (χ3v) is 21.7. The topological polar surface area (TPSA) is 341 Å². The molecule has 93 heavy (non-hydrogen) atoms. The largest absolute Gasteiger partial charge is 0.511 e. The number of ketones is 1. The summed E-state index contributed by atoms with van der Waals surface area (Å²) in [6, 6.07) is -1.12. The van der Waals surface area contributed by atoms with E-state index in [0.717, 1.165) is 7.11 Å². The van der Waals surface area contributed by atoms with Gasteiger partial charge in [-0.1, -0.05) is 50.6 Å². The van der Waals surface area contributed by atoms with Crippen LogP contribution in [0.5, 0.6) is 0 Å². The molecule has 10 aliphatic rings. The number of aldehydes is 1. The fraction of sp³-hybridized carbons (Fsp3) is 0.776. The lowest BCUT2D eigenvalue weighted by molar-refractivity contribution is -0.584. The molecule has 6 heterocycles. The molecule has 4 aliphatic carbocycles. The second kappa shape index (κ2) is 28.2. The normalized spacial score (nSPS) is 46.3. The Labute approximate surface area is 542 Å². The molecule has 518 valence electrons. The lowest BCUT2D eigenvalue weighted by Gasteiger charge is -2.56. The Balaban J connectivity index is 0.906. The quantitative estimate of drug-likeness (QED) is 0.0240. The second-order valence-corrected chi connectivity index (χ2v) is 28.2. The van der Waals surface area contributed by atoms with Crippen molar-refractivity contribution in [3.05, 3.63) is 68.5 Å². The van der Waals surface area contributed by atoms with Crippen LogP contribution < -0.4 is 5.32 Å². The smallest absolute Gasteiger partial charge is 0.407 e. The third kappa shape index (κ3) is 14.0. The molecule has 1 unspecified atom stereocenters. The molecule has 0 aromatic carbocycles. The zero-order chi connectivity index (χ0) is 67.5. The van der Waals surface area contributed by atoms with Gasteiger partial charge in [0.05, 0.1) is 86.6 Å².